The van der Waals surface area contributed by atoms with Gasteiger partial charge in [0.1, 0.15) is 5.54 Å². The van der Waals surface area contributed by atoms with Crippen molar-refractivity contribution in [1.82, 2.24) is 24.8 Å². The summed E-state index contributed by atoms with van der Waals surface area (Å²) < 4.78 is 0. The molecule has 136 valence electrons. The summed E-state index contributed by atoms with van der Waals surface area (Å²) in [6.45, 7) is 4.98. The molecule has 2 saturated heterocycles. The molecular weight excluding hydrogens is 326 g/mol. The molecule has 26 heavy (non-hydrogen) atoms. The first-order chi connectivity index (χ1) is 12.7. The third-order valence-electron chi connectivity index (χ3n) is 5.59. The fraction of sp³-hybridized carbons (Fsp3) is 0.500. The summed E-state index contributed by atoms with van der Waals surface area (Å²) >= 11 is 0. The van der Waals surface area contributed by atoms with Gasteiger partial charge in [0.15, 0.2) is 0 Å². The standard InChI is InChI=1S/C20H25N5O/c1-16-12-23-18(13-22-16)15-25-11-5-8-20(25)7-4-10-24(19(20)26)14-17-6-2-3-9-21-17/h2-3,6,9,12-13H,4-5,7-8,10-11,14-15H2,1H3. The molecule has 1 atom stereocenters. The predicted octanol–water partition coefficient (Wildman–Crippen LogP) is 2.34. The topological polar surface area (TPSA) is 62.2 Å². The van der Waals surface area contributed by atoms with E-state index in [0.717, 1.165) is 55.9 Å². The van der Waals surface area contributed by atoms with Gasteiger partial charge in [0.05, 0.1) is 23.6 Å². The van der Waals surface area contributed by atoms with Crippen LogP contribution in [0.2, 0.25) is 0 Å². The average Bonchev–Trinajstić information content (AvgIpc) is 3.05. The molecule has 0 bridgehead atoms. The lowest BCUT2D eigenvalue weighted by atomic mass is 9.85. The van der Waals surface area contributed by atoms with Gasteiger partial charge in [-0.15, -0.1) is 0 Å². The van der Waals surface area contributed by atoms with E-state index < -0.39 is 0 Å². The number of piperidine rings is 1. The smallest absolute Gasteiger partial charge is 0.243 e. The molecule has 2 aromatic rings. The summed E-state index contributed by atoms with van der Waals surface area (Å²) in [6, 6.07) is 5.87. The average molecular weight is 351 g/mol. The van der Waals surface area contributed by atoms with Crippen LogP contribution in [0.25, 0.3) is 0 Å². The number of hydrogen-bond donors (Lipinski definition) is 0. The lowest BCUT2D eigenvalue weighted by molar-refractivity contribution is -0.148. The van der Waals surface area contributed by atoms with Gasteiger partial charge in [-0.3, -0.25) is 24.6 Å². The number of amides is 1. The molecule has 1 spiro atoms. The highest BCUT2D eigenvalue weighted by Crippen LogP contribution is 2.39. The van der Waals surface area contributed by atoms with E-state index in [-0.39, 0.29) is 11.4 Å². The van der Waals surface area contributed by atoms with Gasteiger partial charge in [-0.25, -0.2) is 0 Å². The van der Waals surface area contributed by atoms with Gasteiger partial charge in [-0.05, 0) is 51.3 Å². The molecule has 2 aliphatic rings. The zero-order chi connectivity index (χ0) is 18.0. The minimum Gasteiger partial charge on any atom is -0.335 e. The summed E-state index contributed by atoms with van der Waals surface area (Å²) in [5.41, 5.74) is 2.43. The quantitative estimate of drug-likeness (QED) is 0.846. The summed E-state index contributed by atoms with van der Waals surface area (Å²) in [6.07, 6.45) is 9.39. The number of aromatic nitrogens is 3. The molecule has 0 saturated carbocycles. The van der Waals surface area contributed by atoms with Gasteiger partial charge < -0.3 is 4.90 Å². The second-order valence-corrected chi connectivity index (χ2v) is 7.36. The van der Waals surface area contributed by atoms with Crippen molar-refractivity contribution in [3.05, 3.63) is 53.9 Å². The van der Waals surface area contributed by atoms with Gasteiger partial charge in [-0.2, -0.15) is 0 Å². The highest BCUT2D eigenvalue weighted by molar-refractivity contribution is 5.87. The molecule has 2 fully saturated rings. The Balaban J connectivity index is 1.53. The fourth-order valence-corrected chi connectivity index (χ4v) is 4.29. The highest BCUT2D eigenvalue weighted by Gasteiger charge is 2.50. The molecule has 6 nitrogen and oxygen atoms in total. The number of rotatable bonds is 4. The van der Waals surface area contributed by atoms with Crippen molar-refractivity contribution < 1.29 is 4.79 Å². The molecule has 4 rings (SSSR count). The Morgan fingerprint density at radius 2 is 1.85 bits per heavy atom. The largest absolute Gasteiger partial charge is 0.335 e. The van der Waals surface area contributed by atoms with Gasteiger partial charge in [0.25, 0.3) is 0 Å². The van der Waals surface area contributed by atoms with Gasteiger partial charge in [0.2, 0.25) is 5.91 Å². The van der Waals surface area contributed by atoms with E-state index in [4.69, 9.17) is 0 Å². The van der Waals surface area contributed by atoms with Crippen molar-refractivity contribution in [2.75, 3.05) is 13.1 Å². The number of hydrogen-bond acceptors (Lipinski definition) is 5. The molecule has 2 aromatic heterocycles. The van der Waals surface area contributed by atoms with E-state index >= 15 is 0 Å². The van der Waals surface area contributed by atoms with Crippen LogP contribution >= 0.6 is 0 Å². The molecule has 2 aliphatic heterocycles. The molecule has 6 heteroatoms. The monoisotopic (exact) mass is 351 g/mol. The van der Waals surface area contributed by atoms with Crippen LogP contribution in [0.4, 0.5) is 0 Å². The number of likely N-dealkylation sites (tertiary alicyclic amines) is 2. The second-order valence-electron chi connectivity index (χ2n) is 7.36. The number of carbonyl (C=O) groups excluding carboxylic acids is 1. The SMILES string of the molecule is Cc1cnc(CN2CCCC23CCCN(Cc2ccccn2)C3=O)cn1. The Morgan fingerprint density at radius 1 is 1.00 bits per heavy atom. The number of aryl methyl sites for hydroxylation is 1. The summed E-state index contributed by atoms with van der Waals surface area (Å²) in [5.74, 6) is 0.256. The van der Waals surface area contributed by atoms with Crippen LogP contribution in [-0.2, 0) is 17.9 Å². The minimum absolute atomic E-state index is 0.256. The lowest BCUT2D eigenvalue weighted by Crippen LogP contribution is -2.59. The zero-order valence-corrected chi connectivity index (χ0v) is 15.3. The first-order valence-electron chi connectivity index (χ1n) is 9.39. The van der Waals surface area contributed by atoms with Crippen LogP contribution in [0.15, 0.2) is 36.8 Å². The van der Waals surface area contributed by atoms with Crippen LogP contribution in [0.3, 0.4) is 0 Å². The molecule has 0 aliphatic carbocycles. The zero-order valence-electron chi connectivity index (χ0n) is 15.3. The summed E-state index contributed by atoms with van der Waals surface area (Å²) in [4.78, 5) is 31.0. The Kier molecular flexibility index (Phi) is 4.68. The molecule has 1 unspecified atom stereocenters. The lowest BCUT2D eigenvalue weighted by Gasteiger charge is -2.44. The van der Waals surface area contributed by atoms with E-state index in [1.807, 2.05) is 36.2 Å². The summed E-state index contributed by atoms with van der Waals surface area (Å²) in [5, 5.41) is 0. The first-order valence-corrected chi connectivity index (χ1v) is 9.39. The van der Waals surface area contributed by atoms with Gasteiger partial charge in [0, 0.05) is 31.7 Å². The maximum Gasteiger partial charge on any atom is 0.243 e. The van der Waals surface area contributed by atoms with Crippen molar-refractivity contribution in [2.24, 2.45) is 0 Å². The Labute approximate surface area is 154 Å². The van der Waals surface area contributed by atoms with Crippen LogP contribution in [0, 0.1) is 6.92 Å². The minimum atomic E-state index is -0.375. The van der Waals surface area contributed by atoms with Crippen LogP contribution < -0.4 is 0 Å². The maximum atomic E-state index is 13.4. The van der Waals surface area contributed by atoms with Crippen molar-refractivity contribution in [3.8, 4) is 0 Å². The van der Waals surface area contributed by atoms with E-state index in [9.17, 15) is 4.79 Å². The van der Waals surface area contributed by atoms with Crippen LogP contribution in [0.1, 0.15) is 42.8 Å². The molecule has 0 aromatic carbocycles. The van der Waals surface area contributed by atoms with Crippen molar-refractivity contribution in [3.63, 3.8) is 0 Å². The molecule has 0 N–H and O–H groups in total. The fourth-order valence-electron chi connectivity index (χ4n) is 4.29. The summed E-state index contributed by atoms with van der Waals surface area (Å²) in [7, 11) is 0. The molecule has 0 radical (unpaired) electrons. The number of carbonyl (C=O) groups is 1. The third kappa shape index (κ3) is 3.21. The van der Waals surface area contributed by atoms with Crippen LogP contribution in [0.5, 0.6) is 0 Å². The predicted molar refractivity (Wildman–Crippen MR) is 98.0 cm³/mol. The van der Waals surface area contributed by atoms with E-state index in [1.54, 1.807) is 12.4 Å². The first kappa shape index (κ1) is 17.1. The molecule has 1 amide bonds. The van der Waals surface area contributed by atoms with E-state index in [2.05, 4.69) is 19.9 Å². The van der Waals surface area contributed by atoms with Gasteiger partial charge >= 0.3 is 0 Å². The molecule has 4 heterocycles. The van der Waals surface area contributed by atoms with E-state index in [1.165, 1.54) is 0 Å². The maximum absolute atomic E-state index is 13.4. The highest BCUT2D eigenvalue weighted by atomic mass is 16.2. The third-order valence-corrected chi connectivity index (χ3v) is 5.59. The van der Waals surface area contributed by atoms with Crippen molar-refractivity contribution in [1.29, 1.82) is 0 Å². The van der Waals surface area contributed by atoms with Crippen LogP contribution in [-0.4, -0.2) is 49.3 Å². The van der Waals surface area contributed by atoms with Gasteiger partial charge in [-0.1, -0.05) is 6.07 Å². The number of nitrogens with zero attached hydrogens (tertiary/aromatic N) is 5. The van der Waals surface area contributed by atoms with Crippen molar-refractivity contribution in [2.45, 2.75) is 51.2 Å². The second kappa shape index (κ2) is 7.11. The van der Waals surface area contributed by atoms with E-state index in [0.29, 0.717) is 13.1 Å². The Morgan fingerprint density at radius 3 is 2.58 bits per heavy atom. The Bertz CT molecular complexity index is 764. The van der Waals surface area contributed by atoms with Crippen molar-refractivity contribution >= 4 is 5.91 Å². The molecular formula is C20H25N5O. The number of pyridine rings is 1. The Hall–Kier alpha value is -2.34. The normalized spacial score (nSPS) is 23.7.